The number of hydrogen-bond donors (Lipinski definition) is 5. The number of aromatic hydroxyl groups is 1. The molecule has 0 spiro atoms. The van der Waals surface area contributed by atoms with Crippen LogP contribution in [0.15, 0.2) is 47.4 Å². The number of phenols is 1. The topological polar surface area (TPSA) is 174 Å². The molecule has 1 aliphatic rings. The summed E-state index contributed by atoms with van der Waals surface area (Å²) < 4.78 is 56.9. The highest BCUT2D eigenvalue weighted by Gasteiger charge is 2.22. The summed E-state index contributed by atoms with van der Waals surface area (Å²) in [4.78, 5) is 13.6. The lowest BCUT2D eigenvalue weighted by molar-refractivity contribution is -0.141. The summed E-state index contributed by atoms with van der Waals surface area (Å²) in [6, 6.07) is 10.9. The van der Waals surface area contributed by atoms with Crippen molar-refractivity contribution in [2.45, 2.75) is 36.8 Å². The molecule has 14 heteroatoms. The van der Waals surface area contributed by atoms with Crippen molar-refractivity contribution in [1.29, 1.82) is 0 Å². The molecule has 0 aliphatic carbocycles. The second-order valence-corrected chi connectivity index (χ2v) is 12.5. The van der Waals surface area contributed by atoms with Crippen LogP contribution in [0, 0.1) is 0 Å². The van der Waals surface area contributed by atoms with Gasteiger partial charge in [-0.2, -0.15) is 4.72 Å². The highest BCUT2D eigenvalue weighted by atomic mass is 32.2. The van der Waals surface area contributed by atoms with Gasteiger partial charge in [-0.1, -0.05) is 6.07 Å². The number of hydrogen-bond acceptors (Lipinski definition) is 10. The summed E-state index contributed by atoms with van der Waals surface area (Å²) in [5.74, 6) is -0.876. The smallest absolute Gasteiger partial charge is 0.321 e. The molecule has 5 N–H and O–H groups in total. The predicted molar refractivity (Wildman–Crippen MR) is 143 cm³/mol. The standard InChI is InChI=1S/C24H34N4O8S2/c1-3-36-24(31)16-26-38(34,35)20-7-5-19(6-8-20)28-12-10-18(11-13-28)25-15-23(30)17-4-9-22(29)21(14-17)27-37(2,32)33/h4-9,14,18,23,25-27,29-30H,3,10-13,15-16H2,1-2H3/t23-/m0/s1. The van der Waals surface area contributed by atoms with Gasteiger partial charge in [-0.05, 0) is 61.7 Å². The summed E-state index contributed by atoms with van der Waals surface area (Å²) in [6.45, 7) is 3.08. The van der Waals surface area contributed by atoms with Crippen molar-refractivity contribution in [3.8, 4) is 5.75 Å². The molecule has 38 heavy (non-hydrogen) atoms. The molecule has 0 aromatic heterocycles. The number of rotatable bonds is 12. The molecule has 1 heterocycles. The number of piperidine rings is 1. The van der Waals surface area contributed by atoms with Crippen molar-refractivity contribution < 1.29 is 36.6 Å². The van der Waals surface area contributed by atoms with Crippen LogP contribution in [-0.2, 0) is 29.6 Å². The van der Waals surface area contributed by atoms with Gasteiger partial charge in [-0.3, -0.25) is 9.52 Å². The third-order valence-electron chi connectivity index (χ3n) is 6.02. The lowest BCUT2D eigenvalue weighted by Crippen LogP contribution is -2.43. The number of aliphatic hydroxyl groups is 1. The Labute approximate surface area is 223 Å². The maximum Gasteiger partial charge on any atom is 0.321 e. The van der Waals surface area contributed by atoms with Crippen LogP contribution in [-0.4, -0.2) is 78.1 Å². The van der Waals surface area contributed by atoms with Gasteiger partial charge in [0.15, 0.2) is 0 Å². The molecule has 3 rings (SSSR count). The molecular formula is C24H34N4O8S2. The minimum absolute atomic E-state index is 0.00552. The fraction of sp³-hybridized carbons (Fsp3) is 0.458. The van der Waals surface area contributed by atoms with Gasteiger partial charge in [0.05, 0.1) is 29.5 Å². The van der Waals surface area contributed by atoms with Crippen LogP contribution in [0.3, 0.4) is 0 Å². The second kappa shape index (κ2) is 12.8. The quantitative estimate of drug-likeness (QED) is 0.182. The van der Waals surface area contributed by atoms with Gasteiger partial charge < -0.3 is 25.2 Å². The number of ether oxygens (including phenoxy) is 1. The van der Waals surface area contributed by atoms with Crippen molar-refractivity contribution in [2.75, 3.05) is 48.7 Å². The van der Waals surface area contributed by atoms with E-state index in [9.17, 15) is 31.8 Å². The normalized spacial score (nSPS) is 15.7. The largest absolute Gasteiger partial charge is 0.506 e. The fourth-order valence-electron chi connectivity index (χ4n) is 4.07. The van der Waals surface area contributed by atoms with Crippen molar-refractivity contribution in [1.82, 2.24) is 10.0 Å². The van der Waals surface area contributed by atoms with Gasteiger partial charge >= 0.3 is 5.97 Å². The van der Waals surface area contributed by atoms with Gasteiger partial charge in [-0.15, -0.1) is 0 Å². The number of anilines is 2. The van der Waals surface area contributed by atoms with Crippen LogP contribution in [0.1, 0.15) is 31.4 Å². The lowest BCUT2D eigenvalue weighted by atomic mass is 10.0. The summed E-state index contributed by atoms with van der Waals surface area (Å²) in [5.41, 5.74) is 1.35. The van der Waals surface area contributed by atoms with Crippen LogP contribution in [0.5, 0.6) is 5.75 Å². The molecule has 2 aromatic rings. The van der Waals surface area contributed by atoms with E-state index in [1.54, 1.807) is 19.1 Å². The first-order valence-electron chi connectivity index (χ1n) is 12.1. The third-order valence-corrected chi connectivity index (χ3v) is 8.03. The van der Waals surface area contributed by atoms with Gasteiger partial charge in [0.2, 0.25) is 20.0 Å². The number of esters is 1. The van der Waals surface area contributed by atoms with E-state index < -0.39 is 38.7 Å². The molecule has 12 nitrogen and oxygen atoms in total. The summed E-state index contributed by atoms with van der Waals surface area (Å²) in [7, 11) is -7.41. The second-order valence-electron chi connectivity index (χ2n) is 8.96. The van der Waals surface area contributed by atoms with Gasteiger partial charge in [-0.25, -0.2) is 16.8 Å². The molecule has 2 aromatic carbocycles. The molecule has 0 saturated carbocycles. The zero-order valence-corrected chi connectivity index (χ0v) is 22.9. The molecular weight excluding hydrogens is 536 g/mol. The fourth-order valence-corrected chi connectivity index (χ4v) is 5.60. The molecule has 1 atom stereocenters. The molecule has 1 fully saturated rings. The Morgan fingerprint density at radius 2 is 1.76 bits per heavy atom. The highest BCUT2D eigenvalue weighted by Crippen LogP contribution is 2.28. The minimum Gasteiger partial charge on any atom is -0.506 e. The first-order chi connectivity index (χ1) is 17.9. The molecule has 0 amide bonds. The van der Waals surface area contributed by atoms with E-state index in [1.807, 2.05) is 0 Å². The molecule has 1 aliphatic heterocycles. The Hall–Kier alpha value is -2.91. The number of carbonyl (C=O) groups excluding carboxylic acids is 1. The highest BCUT2D eigenvalue weighted by molar-refractivity contribution is 7.92. The van der Waals surface area contributed by atoms with E-state index in [1.165, 1.54) is 30.3 Å². The third kappa shape index (κ3) is 8.56. The number of sulfonamides is 2. The number of aliphatic hydroxyl groups excluding tert-OH is 1. The average Bonchev–Trinajstić information content (AvgIpc) is 2.87. The molecule has 0 radical (unpaired) electrons. The van der Waals surface area contributed by atoms with Crippen LogP contribution < -0.4 is 19.7 Å². The van der Waals surface area contributed by atoms with Crippen LogP contribution in [0.2, 0.25) is 0 Å². The first kappa shape index (κ1) is 29.6. The van der Waals surface area contributed by atoms with E-state index >= 15 is 0 Å². The van der Waals surface area contributed by atoms with E-state index in [4.69, 9.17) is 4.74 Å². The Kier molecular flexibility index (Phi) is 9.95. The van der Waals surface area contributed by atoms with Crippen LogP contribution in [0.4, 0.5) is 11.4 Å². The van der Waals surface area contributed by atoms with E-state index in [0.29, 0.717) is 5.56 Å². The van der Waals surface area contributed by atoms with Crippen molar-refractivity contribution in [3.63, 3.8) is 0 Å². The monoisotopic (exact) mass is 570 g/mol. The van der Waals surface area contributed by atoms with Gasteiger partial charge in [0.25, 0.3) is 0 Å². The van der Waals surface area contributed by atoms with E-state index in [2.05, 4.69) is 19.7 Å². The SMILES string of the molecule is CCOC(=O)CNS(=O)(=O)c1ccc(N2CCC(NC[C@H](O)c3ccc(O)c(NS(C)(=O)=O)c3)CC2)cc1. The summed E-state index contributed by atoms with van der Waals surface area (Å²) >= 11 is 0. The first-order valence-corrected chi connectivity index (χ1v) is 15.5. The molecule has 210 valence electrons. The average molecular weight is 571 g/mol. The van der Waals surface area contributed by atoms with Gasteiger partial charge in [0, 0.05) is 31.4 Å². The van der Waals surface area contributed by atoms with Gasteiger partial charge in [0.1, 0.15) is 12.3 Å². The summed E-state index contributed by atoms with van der Waals surface area (Å²) in [5, 5.41) is 23.8. The predicted octanol–water partition coefficient (Wildman–Crippen LogP) is 0.897. The Morgan fingerprint density at radius 3 is 2.37 bits per heavy atom. The molecule has 1 saturated heterocycles. The maximum atomic E-state index is 12.4. The van der Waals surface area contributed by atoms with E-state index in [-0.39, 0.29) is 35.5 Å². The lowest BCUT2D eigenvalue weighted by Gasteiger charge is -2.34. The molecule has 0 bridgehead atoms. The van der Waals surface area contributed by atoms with Crippen LogP contribution >= 0.6 is 0 Å². The van der Waals surface area contributed by atoms with Crippen molar-refractivity contribution in [2.24, 2.45) is 0 Å². The Balaban J connectivity index is 1.49. The summed E-state index contributed by atoms with van der Waals surface area (Å²) in [6.07, 6.45) is 1.67. The van der Waals surface area contributed by atoms with Crippen molar-refractivity contribution >= 4 is 37.4 Å². The Bertz CT molecular complexity index is 1310. The number of nitrogens with one attached hydrogen (secondary N) is 3. The zero-order valence-electron chi connectivity index (χ0n) is 21.3. The van der Waals surface area contributed by atoms with Crippen LogP contribution in [0.25, 0.3) is 0 Å². The number of nitrogens with zero attached hydrogens (tertiary/aromatic N) is 1. The molecule has 0 unspecified atom stereocenters. The number of carbonyl (C=O) groups is 1. The minimum atomic E-state index is -3.83. The maximum absolute atomic E-state index is 12.4. The number of phenolic OH excluding ortho intramolecular Hbond substituents is 1. The van der Waals surface area contributed by atoms with E-state index in [0.717, 1.165) is 37.9 Å². The van der Waals surface area contributed by atoms with Crippen molar-refractivity contribution in [3.05, 3.63) is 48.0 Å². The number of benzene rings is 2. The zero-order chi connectivity index (χ0) is 27.9. The Morgan fingerprint density at radius 1 is 1.11 bits per heavy atom.